The van der Waals surface area contributed by atoms with Gasteiger partial charge in [0.05, 0.1) is 26.0 Å². The van der Waals surface area contributed by atoms with Gasteiger partial charge in [-0.15, -0.1) is 0 Å². The number of furan rings is 1. The molecule has 0 bridgehead atoms. The van der Waals surface area contributed by atoms with E-state index >= 15 is 0 Å². The lowest BCUT2D eigenvalue weighted by atomic mass is 10.2. The van der Waals surface area contributed by atoms with Gasteiger partial charge in [-0.25, -0.2) is 0 Å². The van der Waals surface area contributed by atoms with E-state index in [-0.39, 0.29) is 0 Å². The normalized spacial score (nSPS) is 11.7. The molecule has 1 heterocycles. The van der Waals surface area contributed by atoms with Crippen LogP contribution in [0.1, 0.15) is 39.0 Å². The Labute approximate surface area is 123 Å². The summed E-state index contributed by atoms with van der Waals surface area (Å²) in [6.07, 6.45) is 1.75. The Balaban J connectivity index is 2.25. The molecular formula is C16H30N2O2. The molecule has 1 aromatic rings. The second-order valence-electron chi connectivity index (χ2n) is 5.47. The monoisotopic (exact) mass is 282 g/mol. The maximum atomic E-state index is 5.75. The number of nitrogens with zero attached hydrogens (tertiary/aromatic N) is 1. The van der Waals surface area contributed by atoms with Crippen molar-refractivity contribution in [1.82, 2.24) is 10.2 Å². The second-order valence-corrected chi connectivity index (χ2v) is 5.47. The number of hydrogen-bond acceptors (Lipinski definition) is 4. The molecule has 4 heteroatoms. The summed E-state index contributed by atoms with van der Waals surface area (Å²) >= 11 is 0. The van der Waals surface area contributed by atoms with Crippen LogP contribution in [-0.2, 0) is 17.9 Å². The molecule has 1 N–H and O–H groups in total. The predicted octanol–water partition coefficient (Wildman–Crippen LogP) is 2.88. The summed E-state index contributed by atoms with van der Waals surface area (Å²) in [7, 11) is 0. The summed E-state index contributed by atoms with van der Waals surface area (Å²) in [6, 6.07) is 2.00. The van der Waals surface area contributed by atoms with E-state index in [1.54, 1.807) is 6.26 Å². The average molecular weight is 282 g/mol. The highest BCUT2D eigenvalue weighted by Crippen LogP contribution is 2.11. The third kappa shape index (κ3) is 6.55. The maximum Gasteiger partial charge on any atom is 0.123 e. The lowest BCUT2D eigenvalue weighted by Crippen LogP contribution is -2.27. The third-order valence-corrected chi connectivity index (χ3v) is 3.38. The lowest BCUT2D eigenvalue weighted by Gasteiger charge is -2.17. The Hall–Kier alpha value is -0.840. The molecule has 0 saturated heterocycles. The Morgan fingerprint density at radius 3 is 2.70 bits per heavy atom. The zero-order valence-corrected chi connectivity index (χ0v) is 13.4. The van der Waals surface area contributed by atoms with Crippen LogP contribution in [-0.4, -0.2) is 37.7 Å². The molecular weight excluding hydrogens is 252 g/mol. The van der Waals surface area contributed by atoms with Crippen molar-refractivity contribution >= 4 is 0 Å². The van der Waals surface area contributed by atoms with Gasteiger partial charge in [-0.2, -0.15) is 0 Å². The molecule has 0 atom stereocenters. The fraction of sp³-hybridized carbons (Fsp3) is 0.750. The van der Waals surface area contributed by atoms with E-state index in [2.05, 4.69) is 37.9 Å². The van der Waals surface area contributed by atoms with Crippen LogP contribution >= 0.6 is 0 Å². The van der Waals surface area contributed by atoms with Gasteiger partial charge >= 0.3 is 0 Å². The van der Waals surface area contributed by atoms with Crippen LogP contribution in [0.25, 0.3) is 0 Å². The maximum absolute atomic E-state index is 5.75. The van der Waals surface area contributed by atoms with Crippen molar-refractivity contribution < 1.29 is 9.15 Å². The minimum Gasteiger partial charge on any atom is -0.468 e. The van der Waals surface area contributed by atoms with E-state index < -0.39 is 0 Å². The van der Waals surface area contributed by atoms with Crippen LogP contribution in [0.5, 0.6) is 0 Å². The summed E-state index contributed by atoms with van der Waals surface area (Å²) in [4.78, 5) is 2.36. The van der Waals surface area contributed by atoms with Crippen LogP contribution in [0.2, 0.25) is 0 Å². The fourth-order valence-electron chi connectivity index (χ4n) is 2.04. The van der Waals surface area contributed by atoms with E-state index in [4.69, 9.17) is 9.15 Å². The molecule has 1 rings (SSSR count). The molecule has 0 saturated carbocycles. The lowest BCUT2D eigenvalue weighted by molar-refractivity contribution is 0.0946. The molecule has 0 aliphatic heterocycles. The van der Waals surface area contributed by atoms with E-state index in [1.807, 2.05) is 6.07 Å². The SMILES string of the molecule is CCN(CC)CCOCc1ccoc1CNCC(C)C. The van der Waals surface area contributed by atoms with E-state index in [0.29, 0.717) is 12.5 Å². The summed E-state index contributed by atoms with van der Waals surface area (Å²) < 4.78 is 11.3. The van der Waals surface area contributed by atoms with E-state index in [1.165, 1.54) is 0 Å². The van der Waals surface area contributed by atoms with Crippen molar-refractivity contribution in [3.05, 3.63) is 23.7 Å². The Kier molecular flexibility index (Phi) is 8.58. The van der Waals surface area contributed by atoms with Crippen molar-refractivity contribution in [3.63, 3.8) is 0 Å². The number of nitrogens with one attached hydrogen (secondary N) is 1. The van der Waals surface area contributed by atoms with Crippen molar-refractivity contribution in [1.29, 1.82) is 0 Å². The van der Waals surface area contributed by atoms with Gasteiger partial charge in [0.15, 0.2) is 0 Å². The molecule has 4 nitrogen and oxygen atoms in total. The highest BCUT2D eigenvalue weighted by molar-refractivity contribution is 5.15. The zero-order valence-electron chi connectivity index (χ0n) is 13.4. The minimum atomic E-state index is 0.635. The highest BCUT2D eigenvalue weighted by atomic mass is 16.5. The minimum absolute atomic E-state index is 0.635. The van der Waals surface area contributed by atoms with Crippen molar-refractivity contribution in [3.8, 4) is 0 Å². The molecule has 0 unspecified atom stereocenters. The second kappa shape index (κ2) is 9.97. The van der Waals surface area contributed by atoms with Crippen LogP contribution < -0.4 is 5.32 Å². The zero-order chi connectivity index (χ0) is 14.8. The topological polar surface area (TPSA) is 37.6 Å². The van der Waals surface area contributed by atoms with Gasteiger partial charge in [0.25, 0.3) is 0 Å². The van der Waals surface area contributed by atoms with Gasteiger partial charge in [0.2, 0.25) is 0 Å². The predicted molar refractivity (Wildman–Crippen MR) is 82.7 cm³/mol. The molecule has 0 spiro atoms. The molecule has 0 amide bonds. The van der Waals surface area contributed by atoms with E-state index in [0.717, 1.165) is 50.7 Å². The Morgan fingerprint density at radius 2 is 2.05 bits per heavy atom. The van der Waals surface area contributed by atoms with Crippen molar-refractivity contribution in [2.45, 2.75) is 40.8 Å². The highest BCUT2D eigenvalue weighted by Gasteiger charge is 2.07. The first kappa shape index (κ1) is 17.2. The number of hydrogen-bond donors (Lipinski definition) is 1. The molecule has 0 aromatic carbocycles. The van der Waals surface area contributed by atoms with Crippen molar-refractivity contribution in [2.24, 2.45) is 5.92 Å². The fourth-order valence-corrected chi connectivity index (χ4v) is 2.04. The molecule has 0 aliphatic carbocycles. The summed E-state index contributed by atoms with van der Waals surface area (Å²) in [5.74, 6) is 1.65. The van der Waals surface area contributed by atoms with Gasteiger partial charge in [-0.05, 0) is 31.6 Å². The largest absolute Gasteiger partial charge is 0.468 e. The average Bonchev–Trinajstić information content (AvgIpc) is 2.86. The molecule has 1 aromatic heterocycles. The van der Waals surface area contributed by atoms with Gasteiger partial charge in [-0.1, -0.05) is 27.7 Å². The molecule has 0 aliphatic rings. The Morgan fingerprint density at radius 1 is 1.30 bits per heavy atom. The van der Waals surface area contributed by atoms with Crippen molar-refractivity contribution in [2.75, 3.05) is 32.8 Å². The molecule has 116 valence electrons. The van der Waals surface area contributed by atoms with Gasteiger partial charge < -0.3 is 19.4 Å². The quantitative estimate of drug-likeness (QED) is 0.633. The summed E-state index contributed by atoms with van der Waals surface area (Å²) in [5, 5.41) is 3.40. The standard InChI is InChI=1S/C16H30N2O2/c1-5-18(6-2)8-10-19-13-15-7-9-20-16(15)12-17-11-14(3)4/h7,9,14,17H,5-6,8,10-13H2,1-4H3. The summed E-state index contributed by atoms with van der Waals surface area (Å²) in [5.41, 5.74) is 1.15. The number of likely N-dealkylation sites (N-methyl/N-ethyl adjacent to an activating group) is 1. The summed E-state index contributed by atoms with van der Waals surface area (Å²) in [6.45, 7) is 15.1. The van der Waals surface area contributed by atoms with Crippen LogP contribution in [0, 0.1) is 5.92 Å². The first-order valence-electron chi connectivity index (χ1n) is 7.73. The van der Waals surface area contributed by atoms with E-state index in [9.17, 15) is 0 Å². The first-order chi connectivity index (χ1) is 9.67. The molecule has 0 radical (unpaired) electrons. The number of ether oxygens (including phenoxy) is 1. The molecule has 0 fully saturated rings. The van der Waals surface area contributed by atoms with Gasteiger partial charge in [0.1, 0.15) is 5.76 Å². The van der Waals surface area contributed by atoms with Crippen LogP contribution in [0.3, 0.4) is 0 Å². The number of rotatable bonds is 11. The third-order valence-electron chi connectivity index (χ3n) is 3.38. The smallest absolute Gasteiger partial charge is 0.123 e. The van der Waals surface area contributed by atoms with Gasteiger partial charge in [-0.3, -0.25) is 0 Å². The first-order valence-corrected chi connectivity index (χ1v) is 7.73. The van der Waals surface area contributed by atoms with Gasteiger partial charge in [0, 0.05) is 12.1 Å². The molecule has 20 heavy (non-hydrogen) atoms. The van der Waals surface area contributed by atoms with Crippen LogP contribution in [0.15, 0.2) is 16.7 Å². The Bertz CT molecular complexity index is 346. The van der Waals surface area contributed by atoms with Crippen LogP contribution in [0.4, 0.5) is 0 Å².